The average Bonchev–Trinajstić information content (AvgIpc) is 2.81. The maximum atomic E-state index is 11.4. The van der Waals surface area contributed by atoms with Gasteiger partial charge in [-0.25, -0.2) is 0 Å². The molecule has 0 aromatic heterocycles. The number of hydrogen-bond acceptors (Lipinski definition) is 4. The molecular formula is C22H38O4. The lowest BCUT2D eigenvalue weighted by atomic mass is 9.39. The first-order valence-corrected chi connectivity index (χ1v) is 10.8. The predicted molar refractivity (Wildman–Crippen MR) is 100 cm³/mol. The summed E-state index contributed by atoms with van der Waals surface area (Å²) in [7, 11) is 0. The van der Waals surface area contributed by atoms with E-state index >= 15 is 0 Å². The van der Waals surface area contributed by atoms with E-state index in [0.29, 0.717) is 24.7 Å². The Morgan fingerprint density at radius 2 is 1.58 bits per heavy atom. The van der Waals surface area contributed by atoms with Gasteiger partial charge < -0.3 is 20.4 Å². The van der Waals surface area contributed by atoms with E-state index in [2.05, 4.69) is 20.8 Å². The minimum atomic E-state index is -1.09. The maximum absolute atomic E-state index is 11.4. The van der Waals surface area contributed by atoms with Crippen LogP contribution < -0.4 is 0 Å². The molecule has 4 heteroatoms. The summed E-state index contributed by atoms with van der Waals surface area (Å²) in [6.45, 7) is 8.50. The summed E-state index contributed by atoms with van der Waals surface area (Å²) in [5.74, 6) is 1.01. The van der Waals surface area contributed by atoms with Crippen molar-refractivity contribution in [2.45, 2.75) is 103 Å². The monoisotopic (exact) mass is 366 g/mol. The summed E-state index contributed by atoms with van der Waals surface area (Å²) in [6.07, 6.45) is 5.56. The Bertz CT molecular complexity index is 578. The van der Waals surface area contributed by atoms with E-state index in [1.807, 2.05) is 0 Å². The molecule has 0 heterocycles. The second-order valence-electron chi connectivity index (χ2n) is 11.0. The minimum absolute atomic E-state index is 0.0431. The van der Waals surface area contributed by atoms with Crippen molar-refractivity contribution in [3.8, 4) is 0 Å². The second kappa shape index (κ2) is 5.68. The first-order chi connectivity index (χ1) is 12.0. The first kappa shape index (κ1) is 19.2. The van der Waals surface area contributed by atoms with Crippen molar-refractivity contribution in [3.63, 3.8) is 0 Å². The SMILES string of the molecule is C[C@H](O)[C@@]1(O)CC[C@H]2[C@H]3CC[C@@]4(C)C[C@H](O)CC[C@]4(C)[C@@H]3[C@@H](O)C[C@@]21C. The highest BCUT2D eigenvalue weighted by molar-refractivity contribution is 5.18. The third-order valence-electron chi connectivity index (χ3n) is 10.2. The van der Waals surface area contributed by atoms with Crippen molar-refractivity contribution >= 4 is 0 Å². The van der Waals surface area contributed by atoms with Crippen LogP contribution in [0.1, 0.15) is 79.1 Å². The highest BCUT2D eigenvalue weighted by Gasteiger charge is 2.69. The van der Waals surface area contributed by atoms with Gasteiger partial charge in [0.05, 0.1) is 23.9 Å². The van der Waals surface area contributed by atoms with Gasteiger partial charge in [-0.1, -0.05) is 20.8 Å². The van der Waals surface area contributed by atoms with Crippen LogP contribution >= 0.6 is 0 Å². The van der Waals surface area contributed by atoms with E-state index < -0.39 is 23.2 Å². The third-order valence-corrected chi connectivity index (χ3v) is 10.2. The molecule has 0 spiro atoms. The molecule has 4 fully saturated rings. The van der Waals surface area contributed by atoms with Gasteiger partial charge >= 0.3 is 0 Å². The molecule has 0 amide bonds. The molecule has 4 N–H and O–H groups in total. The molecule has 0 radical (unpaired) electrons. The maximum Gasteiger partial charge on any atom is 0.0959 e. The molecule has 0 aromatic carbocycles. The number of hydrogen-bond donors (Lipinski definition) is 4. The number of fused-ring (bicyclic) bond motifs is 5. The van der Waals surface area contributed by atoms with Gasteiger partial charge in [-0.15, -0.1) is 0 Å². The van der Waals surface area contributed by atoms with Crippen LogP contribution in [0.4, 0.5) is 0 Å². The van der Waals surface area contributed by atoms with Crippen molar-refractivity contribution in [2.75, 3.05) is 0 Å². The molecule has 0 unspecified atom stereocenters. The van der Waals surface area contributed by atoms with E-state index in [9.17, 15) is 20.4 Å². The minimum Gasteiger partial charge on any atom is -0.393 e. The fraction of sp³-hybridized carbons (Fsp3) is 1.00. The summed E-state index contributed by atoms with van der Waals surface area (Å²) in [4.78, 5) is 0. The topological polar surface area (TPSA) is 80.9 Å². The quantitative estimate of drug-likeness (QED) is 0.575. The van der Waals surface area contributed by atoms with Gasteiger partial charge in [0.15, 0.2) is 0 Å². The standard InChI is InChI=1S/C22H38O4/c1-13(23)22(26)10-7-16-15-6-8-19(2)11-14(24)5-9-20(19,3)18(15)17(25)12-21(16,22)4/h13-18,23-26H,5-12H2,1-4H3/t13-,14+,15+,16-,17-,18-,19-,20+,21-,22-/m0/s1. The molecule has 26 heavy (non-hydrogen) atoms. The molecule has 4 nitrogen and oxygen atoms in total. The van der Waals surface area contributed by atoms with Gasteiger partial charge in [-0.3, -0.25) is 0 Å². The smallest absolute Gasteiger partial charge is 0.0959 e. The molecule has 0 aliphatic heterocycles. The molecule has 150 valence electrons. The molecule has 4 aliphatic carbocycles. The summed E-state index contributed by atoms with van der Waals surface area (Å²) in [5.41, 5.74) is -1.38. The zero-order valence-corrected chi connectivity index (χ0v) is 16.9. The Morgan fingerprint density at radius 1 is 0.885 bits per heavy atom. The van der Waals surface area contributed by atoms with E-state index in [1.165, 1.54) is 0 Å². The first-order valence-electron chi connectivity index (χ1n) is 10.8. The molecular weight excluding hydrogens is 328 g/mol. The van der Waals surface area contributed by atoms with Crippen molar-refractivity contribution < 1.29 is 20.4 Å². The lowest BCUT2D eigenvalue weighted by Crippen LogP contribution is -2.65. The van der Waals surface area contributed by atoms with Gasteiger partial charge in [0.1, 0.15) is 0 Å². The van der Waals surface area contributed by atoms with Crippen molar-refractivity contribution in [1.29, 1.82) is 0 Å². The summed E-state index contributed by atoms with van der Waals surface area (Å²) < 4.78 is 0. The van der Waals surface area contributed by atoms with Crippen LogP contribution in [0.2, 0.25) is 0 Å². The van der Waals surface area contributed by atoms with Crippen LogP contribution in [-0.4, -0.2) is 44.3 Å². The Hall–Kier alpha value is -0.160. The van der Waals surface area contributed by atoms with Crippen molar-refractivity contribution in [3.05, 3.63) is 0 Å². The van der Waals surface area contributed by atoms with E-state index in [1.54, 1.807) is 6.92 Å². The lowest BCUT2D eigenvalue weighted by molar-refractivity contribution is -0.235. The van der Waals surface area contributed by atoms with Gasteiger partial charge in [0, 0.05) is 5.41 Å². The molecule has 4 aliphatic rings. The fourth-order valence-corrected chi connectivity index (χ4v) is 8.44. The Labute approximate surface area is 158 Å². The van der Waals surface area contributed by atoms with Gasteiger partial charge in [0.25, 0.3) is 0 Å². The zero-order valence-electron chi connectivity index (χ0n) is 16.9. The molecule has 10 atom stereocenters. The zero-order chi connectivity index (χ0) is 19.1. The number of aliphatic hydroxyl groups is 4. The van der Waals surface area contributed by atoms with Crippen LogP contribution in [0.15, 0.2) is 0 Å². The van der Waals surface area contributed by atoms with Crippen LogP contribution in [0.5, 0.6) is 0 Å². The highest BCUT2D eigenvalue weighted by atomic mass is 16.3. The fourth-order valence-electron chi connectivity index (χ4n) is 8.44. The lowest BCUT2D eigenvalue weighted by Gasteiger charge is -2.66. The summed E-state index contributed by atoms with van der Waals surface area (Å²) in [6, 6.07) is 0. The third kappa shape index (κ3) is 2.16. The largest absolute Gasteiger partial charge is 0.393 e. The number of rotatable bonds is 1. The van der Waals surface area contributed by atoms with Crippen LogP contribution in [0, 0.1) is 34.0 Å². The molecule has 0 saturated heterocycles. The van der Waals surface area contributed by atoms with Gasteiger partial charge in [-0.2, -0.15) is 0 Å². The van der Waals surface area contributed by atoms with Crippen LogP contribution in [-0.2, 0) is 0 Å². The molecule has 4 rings (SSSR count). The second-order valence-corrected chi connectivity index (χ2v) is 11.0. The van der Waals surface area contributed by atoms with E-state index in [-0.39, 0.29) is 22.9 Å². The normalized spacial score (nSPS) is 60.7. The van der Waals surface area contributed by atoms with Gasteiger partial charge in [-0.05, 0) is 86.9 Å². The van der Waals surface area contributed by atoms with Crippen LogP contribution in [0.3, 0.4) is 0 Å². The molecule has 0 aromatic rings. The Morgan fingerprint density at radius 3 is 2.23 bits per heavy atom. The van der Waals surface area contributed by atoms with Gasteiger partial charge in [0.2, 0.25) is 0 Å². The Balaban J connectivity index is 1.72. The predicted octanol–water partition coefficient (Wildman–Crippen LogP) is 2.86. The molecule has 0 bridgehead atoms. The van der Waals surface area contributed by atoms with Crippen molar-refractivity contribution in [1.82, 2.24) is 0 Å². The summed E-state index contributed by atoms with van der Waals surface area (Å²) >= 11 is 0. The van der Waals surface area contributed by atoms with Crippen molar-refractivity contribution in [2.24, 2.45) is 34.0 Å². The average molecular weight is 367 g/mol. The molecule has 4 saturated carbocycles. The Kier molecular flexibility index (Phi) is 4.19. The van der Waals surface area contributed by atoms with E-state index in [4.69, 9.17) is 0 Å². The van der Waals surface area contributed by atoms with E-state index in [0.717, 1.165) is 38.5 Å². The number of aliphatic hydroxyl groups excluding tert-OH is 3. The highest BCUT2D eigenvalue weighted by Crippen LogP contribution is 2.71. The van der Waals surface area contributed by atoms with Crippen LogP contribution in [0.25, 0.3) is 0 Å². The summed E-state index contributed by atoms with van der Waals surface area (Å²) in [5, 5.41) is 43.3.